The zero-order valence-corrected chi connectivity index (χ0v) is 14.2. The van der Waals surface area contributed by atoms with Gasteiger partial charge in [-0.1, -0.05) is 0 Å². The summed E-state index contributed by atoms with van der Waals surface area (Å²) in [5.74, 6) is 5.15. The summed E-state index contributed by atoms with van der Waals surface area (Å²) in [7, 11) is 0. The topological polar surface area (TPSA) is 0 Å². The molecule has 0 amide bonds. The summed E-state index contributed by atoms with van der Waals surface area (Å²) >= 11 is -1.59. The Hall–Kier alpha value is -1.02. The molecular weight excluding hydrogens is 289 g/mol. The number of aryl methyl sites for hydroxylation is 2. The fourth-order valence-corrected chi connectivity index (χ4v) is 6.96. The van der Waals surface area contributed by atoms with Crippen LogP contribution < -0.4 is 0 Å². The van der Waals surface area contributed by atoms with Crippen LogP contribution in [0.1, 0.15) is 11.1 Å². The molecule has 0 unspecified atom stereocenters. The van der Waals surface area contributed by atoms with Gasteiger partial charge >= 0.3 is 120 Å². The maximum atomic E-state index is 2.58. The van der Waals surface area contributed by atoms with Gasteiger partial charge in [-0.2, -0.15) is 0 Å². The standard InChI is InChI=1S/C18H24Ge/c1-19(2,15-13-17-9-5-3-6-10-17)16-14-18-11-7-4-8-12-18/h3-12H,13-16H2,1-2H3. The molecule has 0 saturated heterocycles. The summed E-state index contributed by atoms with van der Waals surface area (Å²) in [6.45, 7) is 0. The van der Waals surface area contributed by atoms with Gasteiger partial charge in [0.2, 0.25) is 0 Å². The number of rotatable bonds is 6. The summed E-state index contributed by atoms with van der Waals surface area (Å²) in [5.41, 5.74) is 3.00. The van der Waals surface area contributed by atoms with Gasteiger partial charge in [0, 0.05) is 0 Å². The van der Waals surface area contributed by atoms with Crippen molar-refractivity contribution in [3.05, 3.63) is 71.8 Å². The molecular formula is C18H24Ge. The minimum absolute atomic E-state index is 1.27. The van der Waals surface area contributed by atoms with Crippen LogP contribution in [0.25, 0.3) is 0 Å². The van der Waals surface area contributed by atoms with Crippen molar-refractivity contribution in [3.63, 3.8) is 0 Å². The van der Waals surface area contributed by atoms with Crippen molar-refractivity contribution in [1.82, 2.24) is 0 Å². The third-order valence-corrected chi connectivity index (χ3v) is 10.6. The molecule has 0 saturated carbocycles. The Morgan fingerprint density at radius 3 is 1.37 bits per heavy atom. The van der Waals surface area contributed by atoms with Gasteiger partial charge in [-0.05, 0) is 0 Å². The number of hydrogen-bond acceptors (Lipinski definition) is 0. The molecule has 0 nitrogen and oxygen atoms in total. The molecule has 2 aromatic rings. The average Bonchev–Trinajstić information content (AvgIpc) is 2.46. The van der Waals surface area contributed by atoms with E-state index in [1.807, 2.05) is 0 Å². The molecule has 0 spiro atoms. The van der Waals surface area contributed by atoms with Gasteiger partial charge in [0.15, 0.2) is 0 Å². The van der Waals surface area contributed by atoms with E-state index in [4.69, 9.17) is 0 Å². The first-order valence-electron chi connectivity index (χ1n) is 7.24. The van der Waals surface area contributed by atoms with Crippen LogP contribution in [0.4, 0.5) is 0 Å². The summed E-state index contributed by atoms with van der Waals surface area (Å²) in [4.78, 5) is 0. The molecule has 0 fully saturated rings. The van der Waals surface area contributed by atoms with Crippen LogP contribution in [0, 0.1) is 0 Å². The van der Waals surface area contributed by atoms with Crippen LogP contribution in [0.15, 0.2) is 60.7 Å². The Morgan fingerprint density at radius 1 is 0.632 bits per heavy atom. The van der Waals surface area contributed by atoms with Gasteiger partial charge in [-0.15, -0.1) is 0 Å². The molecule has 0 aliphatic rings. The monoisotopic (exact) mass is 314 g/mol. The van der Waals surface area contributed by atoms with Gasteiger partial charge < -0.3 is 0 Å². The third-order valence-electron chi connectivity index (χ3n) is 3.87. The molecule has 2 aromatic carbocycles. The molecule has 19 heavy (non-hydrogen) atoms. The van der Waals surface area contributed by atoms with E-state index in [1.165, 1.54) is 34.5 Å². The van der Waals surface area contributed by atoms with E-state index < -0.39 is 13.3 Å². The van der Waals surface area contributed by atoms with Crippen molar-refractivity contribution in [2.75, 3.05) is 0 Å². The summed E-state index contributed by atoms with van der Waals surface area (Å²) in [6.07, 6.45) is 2.53. The van der Waals surface area contributed by atoms with Gasteiger partial charge in [-0.3, -0.25) is 0 Å². The van der Waals surface area contributed by atoms with Crippen molar-refractivity contribution in [1.29, 1.82) is 0 Å². The second kappa shape index (κ2) is 6.95. The Morgan fingerprint density at radius 2 is 1.00 bits per heavy atom. The van der Waals surface area contributed by atoms with Gasteiger partial charge in [0.25, 0.3) is 0 Å². The first-order chi connectivity index (χ1) is 9.16. The Bertz CT molecular complexity index is 428. The SMILES string of the molecule is [CH3][Ge]([CH3])([CH2]Cc1ccccc1)[CH2]Cc1ccccc1. The normalized spacial score (nSPS) is 11.5. The van der Waals surface area contributed by atoms with E-state index in [0.29, 0.717) is 0 Å². The van der Waals surface area contributed by atoms with Crippen molar-refractivity contribution in [3.8, 4) is 0 Å². The maximum absolute atomic E-state index is 2.58. The van der Waals surface area contributed by atoms with Crippen LogP contribution in [0.3, 0.4) is 0 Å². The first-order valence-corrected chi connectivity index (χ1v) is 14.4. The molecule has 0 bridgehead atoms. The molecule has 1 heteroatoms. The molecule has 100 valence electrons. The quantitative estimate of drug-likeness (QED) is 0.645. The number of hydrogen-bond donors (Lipinski definition) is 0. The van der Waals surface area contributed by atoms with Gasteiger partial charge in [0.05, 0.1) is 0 Å². The molecule has 0 aromatic heterocycles. The summed E-state index contributed by atoms with van der Waals surface area (Å²) in [6, 6.07) is 21.9. The van der Waals surface area contributed by atoms with Crippen LogP contribution in [-0.4, -0.2) is 13.3 Å². The number of benzene rings is 2. The zero-order valence-electron chi connectivity index (χ0n) is 12.1. The molecule has 0 aliphatic carbocycles. The van der Waals surface area contributed by atoms with Gasteiger partial charge in [0.1, 0.15) is 0 Å². The van der Waals surface area contributed by atoms with Crippen molar-refractivity contribution >= 4 is 13.3 Å². The van der Waals surface area contributed by atoms with Gasteiger partial charge in [-0.25, -0.2) is 0 Å². The molecule has 0 heterocycles. The molecule has 0 atom stereocenters. The van der Waals surface area contributed by atoms with Crippen molar-refractivity contribution < 1.29 is 0 Å². The Balaban J connectivity index is 1.82. The second-order valence-corrected chi connectivity index (χ2v) is 17.3. The Labute approximate surface area is 120 Å². The summed E-state index contributed by atoms with van der Waals surface area (Å²) in [5, 5.41) is 2.88. The van der Waals surface area contributed by atoms with E-state index in [0.717, 1.165) is 0 Å². The van der Waals surface area contributed by atoms with Crippen molar-refractivity contribution in [2.45, 2.75) is 34.9 Å². The van der Waals surface area contributed by atoms with Crippen LogP contribution in [0.5, 0.6) is 0 Å². The van der Waals surface area contributed by atoms with E-state index in [1.54, 1.807) is 0 Å². The van der Waals surface area contributed by atoms with E-state index >= 15 is 0 Å². The Kier molecular flexibility index (Phi) is 5.27. The van der Waals surface area contributed by atoms with E-state index in [9.17, 15) is 0 Å². The third kappa shape index (κ3) is 5.24. The first kappa shape index (κ1) is 14.4. The molecule has 0 radical (unpaired) electrons. The zero-order chi connectivity index (χ0) is 13.6. The fourth-order valence-electron chi connectivity index (χ4n) is 2.38. The predicted octanol–water partition coefficient (Wildman–Crippen LogP) is 5.18. The predicted molar refractivity (Wildman–Crippen MR) is 87.4 cm³/mol. The fraction of sp³-hybridized carbons (Fsp3) is 0.333. The van der Waals surface area contributed by atoms with E-state index in [-0.39, 0.29) is 0 Å². The molecule has 0 N–H and O–H groups in total. The van der Waals surface area contributed by atoms with Crippen LogP contribution >= 0.6 is 0 Å². The average molecular weight is 313 g/mol. The van der Waals surface area contributed by atoms with Crippen LogP contribution in [-0.2, 0) is 12.8 Å². The molecule has 2 rings (SSSR count). The minimum atomic E-state index is -1.59. The molecule has 0 aliphatic heterocycles. The van der Waals surface area contributed by atoms with Crippen LogP contribution in [0.2, 0.25) is 22.0 Å². The van der Waals surface area contributed by atoms with Crippen molar-refractivity contribution in [2.24, 2.45) is 0 Å². The second-order valence-electron chi connectivity index (χ2n) is 6.14. The summed E-state index contributed by atoms with van der Waals surface area (Å²) < 4.78 is 0. The van der Waals surface area contributed by atoms with E-state index in [2.05, 4.69) is 72.2 Å².